The van der Waals surface area contributed by atoms with Gasteiger partial charge in [0.05, 0.1) is 26.2 Å². The summed E-state index contributed by atoms with van der Waals surface area (Å²) in [6, 6.07) is 0. The van der Waals surface area contributed by atoms with Crippen molar-refractivity contribution < 1.29 is 38.5 Å². The summed E-state index contributed by atoms with van der Waals surface area (Å²) in [7, 11) is 0. The first-order chi connectivity index (χ1) is 14.3. The molecule has 0 aliphatic heterocycles. The van der Waals surface area contributed by atoms with E-state index in [-0.39, 0.29) is 26.2 Å². The van der Waals surface area contributed by atoms with Crippen molar-refractivity contribution in [1.82, 2.24) is 0 Å². The maximum atomic E-state index is 12.7. The Labute approximate surface area is 179 Å². The van der Waals surface area contributed by atoms with Gasteiger partial charge in [-0.25, -0.2) is 4.79 Å². The predicted molar refractivity (Wildman–Crippen MR) is 111 cm³/mol. The molecule has 0 aromatic heterocycles. The molecule has 0 fully saturated rings. The van der Waals surface area contributed by atoms with Crippen LogP contribution in [0.5, 0.6) is 0 Å². The zero-order valence-electron chi connectivity index (χ0n) is 18.9. The lowest BCUT2D eigenvalue weighted by molar-refractivity contribution is -0.188. The van der Waals surface area contributed by atoms with Crippen molar-refractivity contribution >= 4 is 23.7 Å². The summed E-state index contributed by atoms with van der Waals surface area (Å²) in [5, 5.41) is 11.2. The van der Waals surface area contributed by atoms with Gasteiger partial charge in [0.25, 0.3) is 0 Å². The van der Waals surface area contributed by atoms with Gasteiger partial charge in [-0.3, -0.25) is 14.4 Å². The van der Waals surface area contributed by atoms with Crippen LogP contribution in [0, 0.1) is 5.92 Å². The van der Waals surface area contributed by atoms with Gasteiger partial charge in [-0.2, -0.15) is 0 Å². The highest BCUT2D eigenvalue weighted by Gasteiger charge is 2.55. The van der Waals surface area contributed by atoms with Crippen molar-refractivity contribution in [1.29, 1.82) is 0 Å². The number of carbonyl (C=O) groups excluding carboxylic acids is 4. The normalized spacial score (nSPS) is 13.8. The summed E-state index contributed by atoms with van der Waals surface area (Å²) < 4.78 is 15.3. The molecule has 0 bridgehead atoms. The number of aliphatic hydroxyl groups is 1. The van der Waals surface area contributed by atoms with Crippen LogP contribution in [0.25, 0.3) is 0 Å². The van der Waals surface area contributed by atoms with E-state index in [4.69, 9.17) is 14.2 Å². The molecule has 0 aromatic carbocycles. The minimum absolute atomic E-state index is 0.00208. The summed E-state index contributed by atoms with van der Waals surface area (Å²) in [4.78, 5) is 50.4. The quantitative estimate of drug-likeness (QED) is 0.162. The second kappa shape index (κ2) is 15.8. The summed E-state index contributed by atoms with van der Waals surface area (Å²) in [6.45, 7) is 7.61. The lowest BCUT2D eigenvalue weighted by atomic mass is 9.80. The topological polar surface area (TPSA) is 116 Å². The Balaban J connectivity index is 5.79. The molecule has 2 atom stereocenters. The van der Waals surface area contributed by atoms with E-state index in [0.29, 0.717) is 25.7 Å². The van der Waals surface area contributed by atoms with Crippen LogP contribution in [-0.2, 0) is 33.4 Å². The lowest BCUT2D eigenvalue weighted by Gasteiger charge is -2.31. The highest BCUT2D eigenvalue weighted by atomic mass is 16.6. The first-order valence-corrected chi connectivity index (χ1v) is 11.0. The number of hydrogen-bond acceptors (Lipinski definition) is 8. The van der Waals surface area contributed by atoms with E-state index in [1.54, 1.807) is 6.92 Å². The Kier molecular flexibility index (Phi) is 14.8. The van der Waals surface area contributed by atoms with Crippen LogP contribution in [0.3, 0.4) is 0 Å². The summed E-state index contributed by atoms with van der Waals surface area (Å²) in [5.41, 5.74) is -2.67. The van der Waals surface area contributed by atoms with Crippen LogP contribution in [0.4, 0.5) is 0 Å². The van der Waals surface area contributed by atoms with E-state index in [1.165, 1.54) is 0 Å². The molecule has 0 aliphatic rings. The standard InChI is InChI=1S/C22H38O8/c1-5-9-13-28-18(24)16-22(27,21(26)30-15-11-7-3)19(17(23)12-8-4)20(25)29-14-10-6-2/h19,27H,5-16H2,1-4H3. The first-order valence-electron chi connectivity index (χ1n) is 11.0. The molecule has 30 heavy (non-hydrogen) atoms. The summed E-state index contributed by atoms with van der Waals surface area (Å²) in [6.07, 6.45) is 3.50. The Morgan fingerprint density at radius 1 is 0.767 bits per heavy atom. The summed E-state index contributed by atoms with van der Waals surface area (Å²) in [5.74, 6) is -5.62. The Morgan fingerprint density at radius 3 is 1.77 bits per heavy atom. The second-order valence-electron chi connectivity index (χ2n) is 7.33. The van der Waals surface area contributed by atoms with Crippen molar-refractivity contribution in [2.24, 2.45) is 5.92 Å². The molecule has 0 aromatic rings. The maximum Gasteiger partial charge on any atom is 0.340 e. The third-order valence-electron chi connectivity index (χ3n) is 4.53. The average molecular weight is 431 g/mol. The van der Waals surface area contributed by atoms with Crippen LogP contribution < -0.4 is 0 Å². The van der Waals surface area contributed by atoms with E-state index in [0.717, 1.165) is 19.3 Å². The fourth-order valence-electron chi connectivity index (χ4n) is 2.71. The SMILES string of the molecule is CCCCOC(=O)CC(O)(C(=O)OCCCC)C(C(=O)CCC)C(=O)OCCCC. The van der Waals surface area contributed by atoms with Gasteiger partial charge in [-0.1, -0.05) is 47.0 Å². The molecule has 0 saturated heterocycles. The van der Waals surface area contributed by atoms with E-state index in [9.17, 15) is 24.3 Å². The molecule has 1 N–H and O–H groups in total. The largest absolute Gasteiger partial charge is 0.466 e. The Bertz CT molecular complexity index is 545. The van der Waals surface area contributed by atoms with Gasteiger partial charge in [0.1, 0.15) is 0 Å². The highest BCUT2D eigenvalue weighted by molar-refractivity contribution is 6.06. The molecular weight excluding hydrogens is 392 g/mol. The number of unbranched alkanes of at least 4 members (excludes halogenated alkanes) is 3. The molecule has 2 unspecified atom stereocenters. The van der Waals surface area contributed by atoms with Crippen molar-refractivity contribution in [2.75, 3.05) is 19.8 Å². The lowest BCUT2D eigenvalue weighted by Crippen LogP contribution is -2.55. The van der Waals surface area contributed by atoms with E-state index >= 15 is 0 Å². The van der Waals surface area contributed by atoms with Gasteiger partial charge in [0.15, 0.2) is 17.3 Å². The van der Waals surface area contributed by atoms with Crippen molar-refractivity contribution in [3.8, 4) is 0 Å². The smallest absolute Gasteiger partial charge is 0.340 e. The van der Waals surface area contributed by atoms with Gasteiger partial charge in [0, 0.05) is 6.42 Å². The first kappa shape index (κ1) is 28.0. The number of carbonyl (C=O) groups is 4. The van der Waals surface area contributed by atoms with Crippen LogP contribution in [0.15, 0.2) is 0 Å². The molecule has 0 radical (unpaired) electrons. The molecule has 174 valence electrons. The van der Waals surface area contributed by atoms with E-state index in [1.807, 2.05) is 20.8 Å². The van der Waals surface area contributed by atoms with Crippen LogP contribution in [0.1, 0.15) is 85.5 Å². The van der Waals surface area contributed by atoms with Crippen LogP contribution >= 0.6 is 0 Å². The van der Waals surface area contributed by atoms with E-state index < -0.39 is 41.6 Å². The number of hydrogen-bond donors (Lipinski definition) is 1. The van der Waals surface area contributed by atoms with Crippen LogP contribution in [-0.4, -0.2) is 54.2 Å². The number of Topliss-reactive ketones (excluding diaryl/α,β-unsaturated/α-hetero) is 1. The van der Waals surface area contributed by atoms with Gasteiger partial charge in [-0.15, -0.1) is 0 Å². The molecule has 0 heterocycles. The maximum absolute atomic E-state index is 12.7. The number of ether oxygens (including phenoxy) is 3. The Morgan fingerprint density at radius 2 is 1.27 bits per heavy atom. The van der Waals surface area contributed by atoms with Gasteiger partial charge < -0.3 is 19.3 Å². The molecule has 0 aliphatic carbocycles. The third kappa shape index (κ3) is 9.69. The van der Waals surface area contributed by atoms with Gasteiger partial charge in [-0.05, 0) is 25.7 Å². The fraction of sp³-hybridized carbons (Fsp3) is 0.818. The number of ketones is 1. The molecular formula is C22H38O8. The Hall–Kier alpha value is -1.96. The highest BCUT2D eigenvalue weighted by Crippen LogP contribution is 2.29. The van der Waals surface area contributed by atoms with Crippen molar-refractivity contribution in [3.63, 3.8) is 0 Å². The second-order valence-corrected chi connectivity index (χ2v) is 7.33. The molecule has 0 saturated carbocycles. The predicted octanol–water partition coefficient (Wildman–Crippen LogP) is 3.12. The third-order valence-corrected chi connectivity index (χ3v) is 4.53. The van der Waals surface area contributed by atoms with E-state index in [2.05, 4.69) is 0 Å². The molecule has 0 amide bonds. The van der Waals surface area contributed by atoms with Crippen molar-refractivity contribution in [3.05, 3.63) is 0 Å². The summed E-state index contributed by atoms with van der Waals surface area (Å²) >= 11 is 0. The zero-order valence-corrected chi connectivity index (χ0v) is 18.9. The molecule has 0 rings (SSSR count). The van der Waals surface area contributed by atoms with Gasteiger partial charge in [0.2, 0.25) is 0 Å². The van der Waals surface area contributed by atoms with Crippen molar-refractivity contribution in [2.45, 2.75) is 91.1 Å². The number of rotatable bonds is 17. The average Bonchev–Trinajstić information content (AvgIpc) is 2.68. The van der Waals surface area contributed by atoms with Gasteiger partial charge >= 0.3 is 17.9 Å². The molecule has 8 nitrogen and oxygen atoms in total. The molecule has 8 heteroatoms. The fourth-order valence-corrected chi connectivity index (χ4v) is 2.71. The molecule has 0 spiro atoms. The van der Waals surface area contributed by atoms with Crippen LogP contribution in [0.2, 0.25) is 0 Å². The minimum atomic E-state index is -2.67. The monoisotopic (exact) mass is 430 g/mol. The minimum Gasteiger partial charge on any atom is -0.466 e. The number of esters is 3. The zero-order chi connectivity index (χ0) is 23.0.